The molecule has 0 radical (unpaired) electrons. The minimum Gasteiger partial charge on any atom is -0.256 e. The number of aromatic nitrogens is 1. The Bertz CT molecular complexity index is 865. The van der Waals surface area contributed by atoms with Gasteiger partial charge in [0, 0.05) is 11.6 Å². The SMILES string of the molecule is Cl.Fc1ccc2c(c1)CC/C2=C/c1cccc2ncccc12. The molecule has 0 unspecified atom stereocenters. The second kappa shape index (κ2) is 5.90. The quantitative estimate of drug-likeness (QED) is 0.595. The Morgan fingerprint density at radius 3 is 2.82 bits per heavy atom. The normalized spacial score (nSPS) is 14.9. The van der Waals surface area contributed by atoms with Gasteiger partial charge in [0.15, 0.2) is 0 Å². The highest BCUT2D eigenvalue weighted by Crippen LogP contribution is 2.34. The molecule has 0 saturated carbocycles. The molecule has 2 aromatic carbocycles. The number of hydrogen-bond acceptors (Lipinski definition) is 1. The van der Waals surface area contributed by atoms with Crippen LogP contribution in [0, 0.1) is 5.82 Å². The molecule has 0 bridgehead atoms. The molecule has 1 aliphatic rings. The molecular weight excluding hydrogens is 297 g/mol. The Labute approximate surface area is 134 Å². The van der Waals surface area contributed by atoms with Gasteiger partial charge in [-0.15, -0.1) is 12.4 Å². The van der Waals surface area contributed by atoms with Crippen LogP contribution in [-0.4, -0.2) is 4.98 Å². The van der Waals surface area contributed by atoms with Crippen molar-refractivity contribution in [2.75, 3.05) is 0 Å². The Kier molecular flexibility index (Phi) is 3.95. The lowest BCUT2D eigenvalue weighted by Gasteiger charge is -2.04. The molecule has 0 amide bonds. The van der Waals surface area contributed by atoms with E-state index in [1.54, 1.807) is 12.1 Å². The first-order valence-corrected chi connectivity index (χ1v) is 7.14. The molecule has 1 nitrogen and oxygen atoms in total. The molecule has 1 aliphatic carbocycles. The van der Waals surface area contributed by atoms with E-state index in [0.29, 0.717) is 0 Å². The van der Waals surface area contributed by atoms with Crippen molar-refractivity contribution in [3.05, 3.63) is 77.2 Å². The van der Waals surface area contributed by atoms with Gasteiger partial charge in [-0.3, -0.25) is 4.98 Å². The average Bonchev–Trinajstić information content (AvgIpc) is 2.90. The number of rotatable bonds is 1. The summed E-state index contributed by atoms with van der Waals surface area (Å²) in [6.07, 6.45) is 5.91. The fourth-order valence-corrected chi connectivity index (χ4v) is 3.08. The lowest BCUT2D eigenvalue weighted by molar-refractivity contribution is 0.626. The van der Waals surface area contributed by atoms with Gasteiger partial charge in [0.25, 0.3) is 0 Å². The van der Waals surface area contributed by atoms with Crippen molar-refractivity contribution < 1.29 is 4.39 Å². The van der Waals surface area contributed by atoms with E-state index >= 15 is 0 Å². The van der Waals surface area contributed by atoms with E-state index in [2.05, 4.69) is 23.2 Å². The van der Waals surface area contributed by atoms with E-state index in [0.717, 1.165) is 29.3 Å². The minimum absolute atomic E-state index is 0. The number of hydrogen-bond donors (Lipinski definition) is 0. The molecule has 0 spiro atoms. The monoisotopic (exact) mass is 311 g/mol. The summed E-state index contributed by atoms with van der Waals surface area (Å²) >= 11 is 0. The van der Waals surface area contributed by atoms with Crippen LogP contribution in [0.1, 0.15) is 23.1 Å². The maximum atomic E-state index is 13.3. The topological polar surface area (TPSA) is 12.9 Å². The third-order valence-corrected chi connectivity index (χ3v) is 4.09. The summed E-state index contributed by atoms with van der Waals surface area (Å²) in [7, 11) is 0. The summed E-state index contributed by atoms with van der Waals surface area (Å²) in [5.41, 5.74) is 5.75. The zero-order valence-corrected chi connectivity index (χ0v) is 12.7. The van der Waals surface area contributed by atoms with Crippen molar-refractivity contribution in [3.63, 3.8) is 0 Å². The van der Waals surface area contributed by atoms with Gasteiger partial charge in [0.2, 0.25) is 0 Å². The van der Waals surface area contributed by atoms with Crippen molar-refractivity contribution in [2.24, 2.45) is 0 Å². The average molecular weight is 312 g/mol. The van der Waals surface area contributed by atoms with Crippen molar-refractivity contribution >= 4 is 35.0 Å². The largest absolute Gasteiger partial charge is 0.256 e. The predicted octanol–water partition coefficient (Wildman–Crippen LogP) is 5.28. The first-order valence-electron chi connectivity index (χ1n) is 7.14. The van der Waals surface area contributed by atoms with E-state index in [4.69, 9.17) is 0 Å². The molecule has 3 heteroatoms. The van der Waals surface area contributed by atoms with Gasteiger partial charge in [-0.2, -0.15) is 0 Å². The zero-order valence-electron chi connectivity index (χ0n) is 11.9. The summed E-state index contributed by atoms with van der Waals surface area (Å²) in [4.78, 5) is 4.39. The highest BCUT2D eigenvalue weighted by molar-refractivity contribution is 5.94. The van der Waals surface area contributed by atoms with Crippen molar-refractivity contribution in [1.29, 1.82) is 0 Å². The van der Waals surface area contributed by atoms with Crippen LogP contribution in [0.25, 0.3) is 22.6 Å². The summed E-state index contributed by atoms with van der Waals surface area (Å²) in [5, 5.41) is 1.16. The van der Waals surface area contributed by atoms with E-state index in [9.17, 15) is 4.39 Å². The molecule has 1 heterocycles. The van der Waals surface area contributed by atoms with Crippen LogP contribution in [-0.2, 0) is 6.42 Å². The molecule has 0 N–H and O–H groups in total. The van der Waals surface area contributed by atoms with Gasteiger partial charge in [-0.1, -0.05) is 30.3 Å². The molecule has 1 aromatic heterocycles. The fraction of sp³-hybridized carbons (Fsp3) is 0.105. The number of allylic oxidation sites excluding steroid dienone is 1. The first-order chi connectivity index (χ1) is 10.3. The van der Waals surface area contributed by atoms with Crippen LogP contribution in [0.5, 0.6) is 0 Å². The van der Waals surface area contributed by atoms with E-state index in [1.165, 1.54) is 16.7 Å². The first kappa shape index (κ1) is 14.7. The smallest absolute Gasteiger partial charge is 0.123 e. The fourth-order valence-electron chi connectivity index (χ4n) is 3.08. The third-order valence-electron chi connectivity index (χ3n) is 4.09. The number of fused-ring (bicyclic) bond motifs is 2. The lowest BCUT2D eigenvalue weighted by Crippen LogP contribution is -1.84. The molecular formula is C19H15ClFN. The van der Waals surface area contributed by atoms with E-state index in [-0.39, 0.29) is 18.2 Å². The molecule has 4 rings (SSSR count). The van der Waals surface area contributed by atoms with Crippen molar-refractivity contribution in [3.8, 4) is 0 Å². The Balaban J connectivity index is 0.00000144. The molecule has 110 valence electrons. The molecule has 0 aliphatic heterocycles. The van der Waals surface area contributed by atoms with Gasteiger partial charge in [0.05, 0.1) is 5.52 Å². The predicted molar refractivity (Wildman–Crippen MR) is 91.6 cm³/mol. The molecule has 3 aromatic rings. The molecule has 0 fully saturated rings. The second-order valence-corrected chi connectivity index (χ2v) is 5.39. The summed E-state index contributed by atoms with van der Waals surface area (Å²) < 4.78 is 13.3. The van der Waals surface area contributed by atoms with Crippen LogP contribution in [0.2, 0.25) is 0 Å². The van der Waals surface area contributed by atoms with Gasteiger partial charge in [-0.25, -0.2) is 4.39 Å². The van der Waals surface area contributed by atoms with E-state index < -0.39 is 0 Å². The highest BCUT2D eigenvalue weighted by Gasteiger charge is 2.16. The van der Waals surface area contributed by atoms with Crippen molar-refractivity contribution in [1.82, 2.24) is 4.98 Å². The van der Waals surface area contributed by atoms with Gasteiger partial charge >= 0.3 is 0 Å². The zero-order chi connectivity index (χ0) is 14.2. The molecule has 22 heavy (non-hydrogen) atoms. The maximum Gasteiger partial charge on any atom is 0.123 e. The van der Waals surface area contributed by atoms with E-state index in [1.807, 2.05) is 30.5 Å². The lowest BCUT2D eigenvalue weighted by atomic mass is 10.0. The van der Waals surface area contributed by atoms with Gasteiger partial charge in [0.1, 0.15) is 5.82 Å². The second-order valence-electron chi connectivity index (χ2n) is 5.39. The Morgan fingerprint density at radius 2 is 1.91 bits per heavy atom. The third kappa shape index (κ3) is 2.51. The minimum atomic E-state index is -0.149. The van der Waals surface area contributed by atoms with Crippen LogP contribution < -0.4 is 0 Å². The van der Waals surface area contributed by atoms with Crippen molar-refractivity contribution in [2.45, 2.75) is 12.8 Å². The molecule has 0 saturated heterocycles. The van der Waals surface area contributed by atoms with Gasteiger partial charge < -0.3 is 0 Å². The molecule has 0 atom stereocenters. The number of aryl methyl sites for hydroxylation is 1. The number of pyridine rings is 1. The number of nitrogens with zero attached hydrogens (tertiary/aromatic N) is 1. The van der Waals surface area contributed by atoms with Crippen LogP contribution in [0.15, 0.2) is 54.7 Å². The maximum absolute atomic E-state index is 13.3. The number of benzene rings is 2. The Morgan fingerprint density at radius 1 is 1.00 bits per heavy atom. The highest BCUT2D eigenvalue weighted by atomic mass is 35.5. The number of halogens is 2. The van der Waals surface area contributed by atoms with Crippen LogP contribution >= 0.6 is 12.4 Å². The summed E-state index contributed by atoms with van der Waals surface area (Å²) in [6, 6.07) is 15.3. The summed E-state index contributed by atoms with van der Waals surface area (Å²) in [6.45, 7) is 0. The van der Waals surface area contributed by atoms with Gasteiger partial charge in [-0.05, 0) is 59.4 Å². The summed E-state index contributed by atoms with van der Waals surface area (Å²) in [5.74, 6) is -0.149. The van der Waals surface area contributed by atoms with Crippen LogP contribution in [0.3, 0.4) is 0 Å². The Hall–Kier alpha value is -2.19. The van der Waals surface area contributed by atoms with Crippen LogP contribution in [0.4, 0.5) is 4.39 Å². The standard InChI is InChI=1S/C19H14FN.ClH/c20-16-8-9-17-14(6-7-15(17)12-16)11-13-3-1-5-19-18(13)4-2-10-21-19;/h1-5,8-12H,6-7H2;1H/b14-11-;.